The standard InChI is InChI=1S/C17H26O2/c1-4-6-7-8-9-10-14-11-13(3)17(19)15(12-14)16(18)5-2/h11-12,19H,4-10H2,1-3H3. The van der Waals surface area contributed by atoms with Crippen LogP contribution < -0.4 is 0 Å². The molecule has 0 amide bonds. The van der Waals surface area contributed by atoms with Gasteiger partial charge in [-0.25, -0.2) is 0 Å². The first-order valence-electron chi connectivity index (χ1n) is 7.45. The Labute approximate surface area is 116 Å². The summed E-state index contributed by atoms with van der Waals surface area (Å²) in [6, 6.07) is 3.87. The van der Waals surface area contributed by atoms with Crippen molar-refractivity contribution in [2.75, 3.05) is 0 Å². The molecule has 1 rings (SSSR count). The molecular weight excluding hydrogens is 236 g/mol. The van der Waals surface area contributed by atoms with Crippen molar-refractivity contribution in [3.63, 3.8) is 0 Å². The fourth-order valence-corrected chi connectivity index (χ4v) is 2.33. The number of benzene rings is 1. The molecule has 0 spiro atoms. The molecule has 0 bridgehead atoms. The highest BCUT2D eigenvalue weighted by atomic mass is 16.3. The lowest BCUT2D eigenvalue weighted by Crippen LogP contribution is -2.00. The molecule has 2 heteroatoms. The minimum atomic E-state index is 0.0217. The van der Waals surface area contributed by atoms with Gasteiger partial charge in [0, 0.05) is 6.42 Å². The number of phenolic OH excluding ortho intramolecular Hbond substituents is 1. The highest BCUT2D eigenvalue weighted by Gasteiger charge is 2.12. The summed E-state index contributed by atoms with van der Waals surface area (Å²) in [5, 5.41) is 9.94. The van der Waals surface area contributed by atoms with Gasteiger partial charge in [-0.05, 0) is 37.0 Å². The quantitative estimate of drug-likeness (QED) is 0.539. The van der Waals surface area contributed by atoms with Crippen molar-refractivity contribution in [1.82, 2.24) is 0 Å². The third-order valence-electron chi connectivity index (χ3n) is 3.55. The van der Waals surface area contributed by atoms with Gasteiger partial charge in [-0.3, -0.25) is 4.79 Å². The Morgan fingerprint density at radius 1 is 1.11 bits per heavy atom. The summed E-state index contributed by atoms with van der Waals surface area (Å²) in [7, 11) is 0. The maximum atomic E-state index is 11.8. The number of phenols is 1. The van der Waals surface area contributed by atoms with Gasteiger partial charge in [0.05, 0.1) is 5.56 Å². The third kappa shape index (κ3) is 4.70. The Morgan fingerprint density at radius 3 is 2.42 bits per heavy atom. The number of hydrogen-bond acceptors (Lipinski definition) is 2. The molecule has 0 radical (unpaired) electrons. The van der Waals surface area contributed by atoms with Gasteiger partial charge in [0.2, 0.25) is 0 Å². The number of hydrogen-bond donors (Lipinski definition) is 1. The molecule has 1 aromatic carbocycles. The van der Waals surface area contributed by atoms with Crippen LogP contribution >= 0.6 is 0 Å². The molecule has 0 saturated carbocycles. The van der Waals surface area contributed by atoms with Crippen LogP contribution in [0.5, 0.6) is 5.75 Å². The van der Waals surface area contributed by atoms with Gasteiger partial charge in [-0.1, -0.05) is 45.6 Å². The first-order chi connectivity index (χ1) is 9.10. The molecule has 19 heavy (non-hydrogen) atoms. The zero-order valence-electron chi connectivity index (χ0n) is 12.5. The van der Waals surface area contributed by atoms with Gasteiger partial charge in [0.1, 0.15) is 5.75 Å². The van der Waals surface area contributed by atoms with Crippen LogP contribution in [0, 0.1) is 6.92 Å². The second kappa shape index (κ2) is 7.98. The number of rotatable bonds is 8. The maximum Gasteiger partial charge on any atom is 0.166 e. The number of aromatic hydroxyl groups is 1. The minimum absolute atomic E-state index is 0.0217. The zero-order chi connectivity index (χ0) is 14.3. The van der Waals surface area contributed by atoms with E-state index in [9.17, 15) is 9.90 Å². The zero-order valence-corrected chi connectivity index (χ0v) is 12.5. The first-order valence-corrected chi connectivity index (χ1v) is 7.45. The van der Waals surface area contributed by atoms with E-state index in [1.54, 1.807) is 0 Å². The van der Waals surface area contributed by atoms with Crippen molar-refractivity contribution in [2.45, 2.75) is 65.7 Å². The summed E-state index contributed by atoms with van der Waals surface area (Å²) in [4.78, 5) is 11.8. The summed E-state index contributed by atoms with van der Waals surface area (Å²) in [5.74, 6) is 0.176. The topological polar surface area (TPSA) is 37.3 Å². The van der Waals surface area contributed by atoms with E-state index in [1.165, 1.54) is 31.2 Å². The molecule has 0 saturated heterocycles. The van der Waals surface area contributed by atoms with E-state index in [-0.39, 0.29) is 11.5 Å². The average Bonchev–Trinajstić information content (AvgIpc) is 2.41. The Balaban J connectivity index is 2.69. The van der Waals surface area contributed by atoms with Gasteiger partial charge < -0.3 is 5.11 Å². The van der Waals surface area contributed by atoms with E-state index in [0.29, 0.717) is 12.0 Å². The van der Waals surface area contributed by atoms with Crippen LogP contribution in [0.25, 0.3) is 0 Å². The normalized spacial score (nSPS) is 10.7. The fraction of sp³-hybridized carbons (Fsp3) is 0.588. The van der Waals surface area contributed by atoms with E-state index in [2.05, 4.69) is 6.92 Å². The smallest absolute Gasteiger partial charge is 0.166 e. The minimum Gasteiger partial charge on any atom is -0.507 e. The second-order valence-electron chi connectivity index (χ2n) is 5.25. The highest BCUT2D eigenvalue weighted by molar-refractivity contribution is 5.98. The van der Waals surface area contributed by atoms with E-state index in [0.717, 1.165) is 18.4 Å². The van der Waals surface area contributed by atoms with Gasteiger partial charge >= 0.3 is 0 Å². The molecule has 0 unspecified atom stereocenters. The number of aryl methyl sites for hydroxylation is 2. The van der Waals surface area contributed by atoms with Crippen LogP contribution in [0.2, 0.25) is 0 Å². The lowest BCUT2D eigenvalue weighted by Gasteiger charge is -2.09. The van der Waals surface area contributed by atoms with Crippen molar-refractivity contribution >= 4 is 5.78 Å². The van der Waals surface area contributed by atoms with Crippen LogP contribution in [0.4, 0.5) is 0 Å². The molecular formula is C17H26O2. The number of unbranched alkanes of at least 4 members (excludes halogenated alkanes) is 4. The molecule has 106 valence electrons. The summed E-state index contributed by atoms with van der Waals surface area (Å²) in [6.07, 6.45) is 7.67. The largest absolute Gasteiger partial charge is 0.507 e. The van der Waals surface area contributed by atoms with Crippen molar-refractivity contribution < 1.29 is 9.90 Å². The van der Waals surface area contributed by atoms with Crippen LogP contribution in [0.1, 0.15) is 73.9 Å². The molecule has 0 aliphatic rings. The van der Waals surface area contributed by atoms with Crippen LogP contribution in [0.15, 0.2) is 12.1 Å². The Bertz CT molecular complexity index is 422. The Kier molecular flexibility index (Phi) is 6.61. The molecule has 1 aromatic rings. The molecule has 0 aliphatic carbocycles. The molecule has 1 N–H and O–H groups in total. The summed E-state index contributed by atoms with van der Waals surface area (Å²) in [6.45, 7) is 5.91. The van der Waals surface area contributed by atoms with E-state index in [4.69, 9.17) is 0 Å². The predicted molar refractivity (Wildman–Crippen MR) is 79.9 cm³/mol. The molecule has 0 aliphatic heterocycles. The van der Waals surface area contributed by atoms with Crippen molar-refractivity contribution in [1.29, 1.82) is 0 Å². The van der Waals surface area contributed by atoms with Crippen molar-refractivity contribution in [3.8, 4) is 5.75 Å². The van der Waals surface area contributed by atoms with E-state index in [1.807, 2.05) is 26.0 Å². The molecule has 0 fully saturated rings. The van der Waals surface area contributed by atoms with Gasteiger partial charge in [-0.15, -0.1) is 0 Å². The summed E-state index contributed by atoms with van der Waals surface area (Å²) >= 11 is 0. The number of carbonyl (C=O) groups excluding carboxylic acids is 1. The van der Waals surface area contributed by atoms with Crippen LogP contribution in [0.3, 0.4) is 0 Å². The van der Waals surface area contributed by atoms with Gasteiger partial charge in [0.25, 0.3) is 0 Å². The van der Waals surface area contributed by atoms with Crippen LogP contribution in [-0.2, 0) is 6.42 Å². The second-order valence-corrected chi connectivity index (χ2v) is 5.25. The van der Waals surface area contributed by atoms with Crippen LogP contribution in [-0.4, -0.2) is 10.9 Å². The molecule has 0 atom stereocenters. The monoisotopic (exact) mass is 262 g/mol. The summed E-state index contributed by atoms with van der Waals surface area (Å²) < 4.78 is 0. The van der Waals surface area contributed by atoms with E-state index >= 15 is 0 Å². The molecule has 2 nitrogen and oxygen atoms in total. The lowest BCUT2D eigenvalue weighted by atomic mass is 9.97. The highest BCUT2D eigenvalue weighted by Crippen LogP contribution is 2.26. The van der Waals surface area contributed by atoms with Crippen molar-refractivity contribution in [2.24, 2.45) is 0 Å². The fourth-order valence-electron chi connectivity index (χ4n) is 2.33. The Hall–Kier alpha value is -1.31. The van der Waals surface area contributed by atoms with Crippen molar-refractivity contribution in [3.05, 3.63) is 28.8 Å². The molecule has 0 aromatic heterocycles. The molecule has 0 heterocycles. The number of ketones is 1. The van der Waals surface area contributed by atoms with E-state index < -0.39 is 0 Å². The Morgan fingerprint density at radius 2 is 1.79 bits per heavy atom. The average molecular weight is 262 g/mol. The third-order valence-corrected chi connectivity index (χ3v) is 3.55. The number of carbonyl (C=O) groups is 1. The first kappa shape index (κ1) is 15.7. The SMILES string of the molecule is CCCCCCCc1cc(C)c(O)c(C(=O)CC)c1. The maximum absolute atomic E-state index is 11.8. The van der Waals surface area contributed by atoms with Gasteiger partial charge in [0.15, 0.2) is 5.78 Å². The van der Waals surface area contributed by atoms with Gasteiger partial charge in [-0.2, -0.15) is 0 Å². The summed E-state index contributed by atoms with van der Waals surface area (Å²) in [5.41, 5.74) is 2.47. The lowest BCUT2D eigenvalue weighted by molar-refractivity contribution is 0.0985. The number of Topliss-reactive ketones (excluding diaryl/α,β-unsaturated/α-hetero) is 1. The predicted octanol–water partition coefficient (Wildman–Crippen LogP) is 4.81.